The third-order valence-electron chi connectivity index (χ3n) is 5.37. The maximum absolute atomic E-state index is 13.3. The van der Waals surface area contributed by atoms with Crippen molar-refractivity contribution in [3.05, 3.63) is 64.4 Å². The Morgan fingerprint density at radius 3 is 2.68 bits per heavy atom. The highest BCUT2D eigenvalue weighted by Gasteiger charge is 2.54. The molecule has 0 aromatic heterocycles. The molecule has 28 heavy (non-hydrogen) atoms. The molecular formula is C20H19BrFN3O3. The molecule has 0 aliphatic carbocycles. The Hall–Kier alpha value is -2.45. The third-order valence-corrected chi connectivity index (χ3v) is 5.90. The zero-order valence-electron chi connectivity index (χ0n) is 14.9. The molecule has 2 fully saturated rings. The monoisotopic (exact) mass is 447 g/mol. The molecule has 2 aliphatic heterocycles. The molecule has 2 aromatic carbocycles. The van der Waals surface area contributed by atoms with E-state index in [9.17, 15) is 19.1 Å². The number of rotatable bonds is 3. The minimum atomic E-state index is -0.446. The number of fused-ring (bicyclic) bond motifs is 1. The minimum absolute atomic E-state index is 0.0492. The number of amides is 3. The van der Waals surface area contributed by atoms with Gasteiger partial charge in [-0.2, -0.15) is 0 Å². The molecule has 0 saturated carbocycles. The number of piperazine rings is 1. The number of nitrogens with one attached hydrogen (secondary N) is 1. The first-order chi connectivity index (χ1) is 13.5. The number of carbonyl (C=O) groups excluding carboxylic acids is 2. The van der Waals surface area contributed by atoms with Crippen LogP contribution in [-0.4, -0.2) is 58.6 Å². The van der Waals surface area contributed by atoms with E-state index in [1.807, 2.05) is 24.3 Å². The van der Waals surface area contributed by atoms with Gasteiger partial charge in [0, 0.05) is 22.6 Å². The molecule has 146 valence electrons. The topological polar surface area (TPSA) is 72.9 Å². The summed E-state index contributed by atoms with van der Waals surface area (Å²) >= 11 is 3.41. The van der Waals surface area contributed by atoms with E-state index in [1.165, 1.54) is 23.1 Å². The lowest BCUT2D eigenvalue weighted by atomic mass is 9.74. The molecule has 8 heteroatoms. The Bertz CT molecular complexity index is 908. The van der Waals surface area contributed by atoms with Gasteiger partial charge in [0.25, 0.3) is 0 Å². The molecule has 0 radical (unpaired) electrons. The number of aliphatic hydroxyl groups is 1. The zero-order valence-corrected chi connectivity index (χ0v) is 16.5. The van der Waals surface area contributed by atoms with Gasteiger partial charge >= 0.3 is 6.03 Å². The van der Waals surface area contributed by atoms with Crippen molar-refractivity contribution < 1.29 is 19.1 Å². The smallest absolute Gasteiger partial charge is 0.322 e. The first-order valence-electron chi connectivity index (χ1n) is 8.97. The molecule has 2 aromatic rings. The van der Waals surface area contributed by atoms with Gasteiger partial charge in [-0.15, -0.1) is 0 Å². The summed E-state index contributed by atoms with van der Waals surface area (Å²) in [5, 5.41) is 12.4. The predicted molar refractivity (Wildman–Crippen MR) is 105 cm³/mol. The quantitative estimate of drug-likeness (QED) is 0.759. The van der Waals surface area contributed by atoms with Crippen LogP contribution < -0.4 is 5.32 Å². The van der Waals surface area contributed by atoms with E-state index in [-0.39, 0.29) is 37.1 Å². The van der Waals surface area contributed by atoms with E-state index in [4.69, 9.17) is 0 Å². The summed E-state index contributed by atoms with van der Waals surface area (Å²) in [6.07, 6.45) is 0. The highest BCUT2D eigenvalue weighted by molar-refractivity contribution is 9.10. The molecule has 3 atom stereocenters. The number of carbonyl (C=O) groups is 2. The third kappa shape index (κ3) is 3.38. The highest BCUT2D eigenvalue weighted by atomic mass is 79.9. The minimum Gasteiger partial charge on any atom is -0.394 e. The van der Waals surface area contributed by atoms with Gasteiger partial charge in [-0.3, -0.25) is 4.79 Å². The summed E-state index contributed by atoms with van der Waals surface area (Å²) in [5.41, 5.74) is 1.36. The van der Waals surface area contributed by atoms with E-state index in [1.54, 1.807) is 11.0 Å². The fourth-order valence-corrected chi connectivity index (χ4v) is 4.37. The number of anilines is 1. The molecule has 3 amide bonds. The van der Waals surface area contributed by atoms with Crippen molar-refractivity contribution in [2.45, 2.75) is 18.0 Å². The standard InChI is InChI=1S/C20H19BrFN3O3/c21-13-6-4-12(5-7-13)19-16-9-24(10-18(27)25(16)17(19)11-26)20(28)23-15-3-1-2-14(22)8-15/h1-8,16-17,19,26H,9-11H2,(H,23,28)/t16-,17+,19+/m1/s1. The Kier molecular flexibility index (Phi) is 5.07. The first-order valence-corrected chi connectivity index (χ1v) is 9.76. The van der Waals surface area contributed by atoms with Gasteiger partial charge in [0.15, 0.2) is 0 Å². The van der Waals surface area contributed by atoms with Crippen LogP contribution in [0.15, 0.2) is 53.0 Å². The van der Waals surface area contributed by atoms with Crippen LogP contribution in [0, 0.1) is 5.82 Å². The molecule has 4 rings (SSSR count). The van der Waals surface area contributed by atoms with E-state index in [0.29, 0.717) is 12.2 Å². The maximum Gasteiger partial charge on any atom is 0.322 e. The molecular weight excluding hydrogens is 429 g/mol. The normalized spacial score (nSPS) is 23.8. The Labute approximate surface area is 170 Å². The van der Waals surface area contributed by atoms with Crippen molar-refractivity contribution >= 4 is 33.6 Å². The van der Waals surface area contributed by atoms with Crippen LogP contribution in [0.3, 0.4) is 0 Å². The van der Waals surface area contributed by atoms with Crippen molar-refractivity contribution in [2.24, 2.45) is 0 Å². The van der Waals surface area contributed by atoms with Crippen molar-refractivity contribution in [1.29, 1.82) is 0 Å². The first kappa shape index (κ1) is 18.9. The van der Waals surface area contributed by atoms with Crippen LogP contribution in [0.25, 0.3) is 0 Å². The number of halogens is 2. The van der Waals surface area contributed by atoms with Gasteiger partial charge in [-0.05, 0) is 35.9 Å². The molecule has 6 nitrogen and oxygen atoms in total. The molecule has 0 spiro atoms. The summed E-state index contributed by atoms with van der Waals surface area (Å²) in [6, 6.07) is 12.5. The number of hydrogen-bond acceptors (Lipinski definition) is 3. The van der Waals surface area contributed by atoms with Gasteiger partial charge in [-0.1, -0.05) is 34.1 Å². The molecule has 2 heterocycles. The van der Waals surface area contributed by atoms with Crippen molar-refractivity contribution in [3.63, 3.8) is 0 Å². The summed E-state index contributed by atoms with van der Waals surface area (Å²) in [6.45, 7) is 0.157. The number of hydrogen-bond donors (Lipinski definition) is 2. The Morgan fingerprint density at radius 1 is 1.25 bits per heavy atom. The van der Waals surface area contributed by atoms with E-state index >= 15 is 0 Å². The second-order valence-electron chi connectivity index (χ2n) is 7.02. The van der Waals surface area contributed by atoms with Gasteiger partial charge in [0.2, 0.25) is 5.91 Å². The highest BCUT2D eigenvalue weighted by Crippen LogP contribution is 2.43. The van der Waals surface area contributed by atoms with Crippen molar-refractivity contribution in [1.82, 2.24) is 9.80 Å². The zero-order chi connectivity index (χ0) is 19.8. The van der Waals surface area contributed by atoms with E-state index < -0.39 is 11.8 Å². The number of benzene rings is 2. The number of aliphatic hydroxyl groups excluding tert-OH is 1. The summed E-state index contributed by atoms with van der Waals surface area (Å²) in [4.78, 5) is 28.3. The SMILES string of the molecule is O=C(Nc1cccc(F)c1)N1CC(=O)N2[C@H](C1)[C@H](c1ccc(Br)cc1)[C@@H]2CO. The van der Waals surface area contributed by atoms with Crippen LogP contribution in [0.4, 0.5) is 14.9 Å². The fraction of sp³-hybridized carbons (Fsp3) is 0.300. The lowest BCUT2D eigenvalue weighted by Gasteiger charge is -2.58. The second kappa shape index (κ2) is 7.52. The van der Waals surface area contributed by atoms with Crippen LogP contribution >= 0.6 is 15.9 Å². The van der Waals surface area contributed by atoms with Gasteiger partial charge < -0.3 is 20.2 Å². The summed E-state index contributed by atoms with van der Waals surface area (Å²) < 4.78 is 14.3. The molecule has 2 N–H and O–H groups in total. The molecule has 0 unspecified atom stereocenters. The average molecular weight is 448 g/mol. The van der Waals surface area contributed by atoms with Crippen molar-refractivity contribution in [2.75, 3.05) is 25.0 Å². The predicted octanol–water partition coefficient (Wildman–Crippen LogP) is 2.79. The van der Waals surface area contributed by atoms with Crippen LogP contribution in [0.1, 0.15) is 11.5 Å². The number of urea groups is 1. The van der Waals surface area contributed by atoms with Crippen LogP contribution in [0.2, 0.25) is 0 Å². The van der Waals surface area contributed by atoms with Gasteiger partial charge in [-0.25, -0.2) is 9.18 Å². The van der Waals surface area contributed by atoms with Gasteiger partial charge in [0.05, 0.1) is 18.7 Å². The molecule has 2 saturated heterocycles. The molecule has 0 bridgehead atoms. The Balaban J connectivity index is 1.52. The molecule has 2 aliphatic rings. The van der Waals surface area contributed by atoms with E-state index in [0.717, 1.165) is 10.0 Å². The van der Waals surface area contributed by atoms with Gasteiger partial charge in [0.1, 0.15) is 12.4 Å². The average Bonchev–Trinajstić information content (AvgIpc) is 2.65. The maximum atomic E-state index is 13.3. The fourth-order valence-electron chi connectivity index (χ4n) is 4.11. The van der Waals surface area contributed by atoms with Crippen LogP contribution in [0.5, 0.6) is 0 Å². The summed E-state index contributed by atoms with van der Waals surface area (Å²) in [7, 11) is 0. The largest absolute Gasteiger partial charge is 0.394 e. The van der Waals surface area contributed by atoms with E-state index in [2.05, 4.69) is 21.2 Å². The van der Waals surface area contributed by atoms with Crippen LogP contribution in [-0.2, 0) is 4.79 Å². The summed E-state index contributed by atoms with van der Waals surface area (Å²) in [5.74, 6) is -0.691. The lowest BCUT2D eigenvalue weighted by molar-refractivity contribution is -0.159. The Morgan fingerprint density at radius 2 is 2.00 bits per heavy atom. The second-order valence-corrected chi connectivity index (χ2v) is 7.93. The van der Waals surface area contributed by atoms with Crippen molar-refractivity contribution in [3.8, 4) is 0 Å². The number of nitrogens with zero attached hydrogens (tertiary/aromatic N) is 2. The lowest BCUT2D eigenvalue weighted by Crippen LogP contribution is -2.73.